The predicted octanol–water partition coefficient (Wildman–Crippen LogP) is 5.09. The zero-order valence-corrected chi connectivity index (χ0v) is 19.2. The molecule has 32 heavy (non-hydrogen) atoms. The van der Waals surface area contributed by atoms with Crippen LogP contribution in [0.25, 0.3) is 11.1 Å². The maximum absolute atomic E-state index is 12.1. The minimum absolute atomic E-state index is 0.332. The highest BCUT2D eigenvalue weighted by Gasteiger charge is 2.40. The van der Waals surface area contributed by atoms with Gasteiger partial charge in [-0.25, -0.2) is 4.79 Å². The third-order valence-electron chi connectivity index (χ3n) is 6.47. The lowest BCUT2D eigenvalue weighted by Crippen LogP contribution is -2.50. The molecule has 6 nitrogen and oxygen atoms in total. The smallest absolute Gasteiger partial charge is 0.329 e. The maximum Gasteiger partial charge on any atom is 0.329 e. The Labute approximate surface area is 189 Å². The number of aliphatic carboxylic acids is 1. The van der Waals surface area contributed by atoms with Gasteiger partial charge < -0.3 is 24.6 Å². The summed E-state index contributed by atoms with van der Waals surface area (Å²) in [5.41, 5.74) is 5.31. The summed E-state index contributed by atoms with van der Waals surface area (Å²) in [6.07, 6.45) is 3.42. The normalized spacial score (nSPS) is 17.7. The summed E-state index contributed by atoms with van der Waals surface area (Å²) in [6, 6.07) is 10.3. The Balaban J connectivity index is 1.69. The van der Waals surface area contributed by atoms with Gasteiger partial charge in [0.2, 0.25) is 0 Å². The molecular weight excluding hydrogens is 406 g/mol. The van der Waals surface area contributed by atoms with Crippen molar-refractivity contribution >= 4 is 11.7 Å². The van der Waals surface area contributed by atoms with Gasteiger partial charge >= 0.3 is 5.97 Å². The highest BCUT2D eigenvalue weighted by Crippen LogP contribution is 2.36. The molecule has 0 bridgehead atoms. The first-order chi connectivity index (χ1) is 15.4. The Morgan fingerprint density at radius 2 is 1.94 bits per heavy atom. The molecule has 0 atom stereocenters. The number of rotatable bonds is 9. The van der Waals surface area contributed by atoms with Gasteiger partial charge in [-0.15, -0.1) is 0 Å². The molecule has 1 saturated heterocycles. The summed E-state index contributed by atoms with van der Waals surface area (Å²) < 4.78 is 17.3. The summed E-state index contributed by atoms with van der Waals surface area (Å²) in [7, 11) is 0. The number of ether oxygens (including phenoxy) is 3. The molecule has 2 fully saturated rings. The molecule has 172 valence electrons. The van der Waals surface area contributed by atoms with Crippen LogP contribution in [0.1, 0.15) is 49.3 Å². The number of hydrogen-bond donors (Lipinski definition) is 2. The molecule has 2 N–H and O–H groups in total. The Hall–Kier alpha value is -2.57. The fourth-order valence-electron chi connectivity index (χ4n) is 4.19. The first-order valence-corrected chi connectivity index (χ1v) is 11.5. The van der Waals surface area contributed by atoms with E-state index in [0.29, 0.717) is 45.4 Å². The Kier molecular flexibility index (Phi) is 6.72. The highest BCUT2D eigenvalue weighted by atomic mass is 16.5. The van der Waals surface area contributed by atoms with Gasteiger partial charge in [0.15, 0.2) is 0 Å². The molecule has 1 aliphatic heterocycles. The van der Waals surface area contributed by atoms with Crippen molar-refractivity contribution in [2.24, 2.45) is 0 Å². The second-order valence-electron chi connectivity index (χ2n) is 8.86. The van der Waals surface area contributed by atoms with E-state index in [9.17, 15) is 9.90 Å². The molecule has 2 aromatic rings. The Morgan fingerprint density at radius 3 is 2.59 bits per heavy atom. The number of carbonyl (C=O) groups is 1. The molecule has 6 heteroatoms. The number of hydrogen-bond acceptors (Lipinski definition) is 5. The topological polar surface area (TPSA) is 77.0 Å². The van der Waals surface area contributed by atoms with Crippen LogP contribution in [0.3, 0.4) is 0 Å². The number of anilines is 1. The van der Waals surface area contributed by atoms with Crippen LogP contribution < -0.4 is 10.1 Å². The average molecular weight is 440 g/mol. The number of carboxylic acids is 1. The SMILES string of the molecule is CCOc1cc(-c2ccc(NC3(C(=O)O)CCOCC3)cc2COC2CC2)cc(C)c1C. The van der Waals surface area contributed by atoms with Crippen molar-refractivity contribution in [3.8, 4) is 16.9 Å². The monoisotopic (exact) mass is 439 g/mol. The average Bonchev–Trinajstić information content (AvgIpc) is 3.61. The van der Waals surface area contributed by atoms with Gasteiger partial charge in [-0.1, -0.05) is 12.1 Å². The van der Waals surface area contributed by atoms with Crippen LogP contribution in [0.5, 0.6) is 5.75 Å². The second-order valence-corrected chi connectivity index (χ2v) is 8.86. The molecule has 1 saturated carbocycles. The van der Waals surface area contributed by atoms with E-state index in [4.69, 9.17) is 14.2 Å². The van der Waals surface area contributed by atoms with Crippen LogP contribution in [0.15, 0.2) is 30.3 Å². The second kappa shape index (κ2) is 9.51. The van der Waals surface area contributed by atoms with Gasteiger partial charge in [0.25, 0.3) is 0 Å². The lowest BCUT2D eigenvalue weighted by molar-refractivity contribution is -0.145. The van der Waals surface area contributed by atoms with Gasteiger partial charge in [0.05, 0.1) is 19.3 Å². The van der Waals surface area contributed by atoms with E-state index in [0.717, 1.165) is 46.5 Å². The molecule has 0 aromatic heterocycles. The molecular formula is C26H33NO5. The molecule has 0 spiro atoms. The molecule has 1 heterocycles. The van der Waals surface area contributed by atoms with Crippen molar-refractivity contribution in [1.29, 1.82) is 0 Å². The molecule has 0 radical (unpaired) electrons. The summed E-state index contributed by atoms with van der Waals surface area (Å²) in [6.45, 7) is 8.16. The first-order valence-electron chi connectivity index (χ1n) is 11.5. The molecule has 4 rings (SSSR count). The Bertz CT molecular complexity index is 976. The van der Waals surface area contributed by atoms with E-state index in [2.05, 4.69) is 37.4 Å². The fourth-order valence-corrected chi connectivity index (χ4v) is 4.19. The van der Waals surface area contributed by atoms with Crippen molar-refractivity contribution in [2.45, 2.75) is 64.7 Å². The van der Waals surface area contributed by atoms with Crippen molar-refractivity contribution < 1.29 is 24.1 Å². The van der Waals surface area contributed by atoms with Gasteiger partial charge in [0, 0.05) is 31.7 Å². The van der Waals surface area contributed by atoms with E-state index in [1.165, 1.54) is 5.56 Å². The summed E-state index contributed by atoms with van der Waals surface area (Å²) in [5.74, 6) is 0.0574. The van der Waals surface area contributed by atoms with Crippen molar-refractivity contribution in [3.05, 3.63) is 47.0 Å². The maximum atomic E-state index is 12.1. The van der Waals surface area contributed by atoms with Crippen molar-refractivity contribution in [1.82, 2.24) is 0 Å². The lowest BCUT2D eigenvalue weighted by Gasteiger charge is -2.35. The van der Waals surface area contributed by atoms with Crippen LogP contribution in [-0.2, 0) is 20.9 Å². The van der Waals surface area contributed by atoms with Gasteiger partial charge in [-0.05, 0) is 79.6 Å². The summed E-state index contributed by atoms with van der Waals surface area (Å²) in [4.78, 5) is 12.1. The largest absolute Gasteiger partial charge is 0.494 e. The van der Waals surface area contributed by atoms with Crippen LogP contribution in [0, 0.1) is 13.8 Å². The van der Waals surface area contributed by atoms with E-state index in [-0.39, 0.29) is 0 Å². The first kappa shape index (κ1) is 22.6. The number of benzene rings is 2. The quantitative estimate of drug-likeness (QED) is 0.566. The Morgan fingerprint density at radius 1 is 1.19 bits per heavy atom. The van der Waals surface area contributed by atoms with Crippen LogP contribution in [-0.4, -0.2) is 42.5 Å². The third kappa shape index (κ3) is 4.92. The van der Waals surface area contributed by atoms with Gasteiger partial charge in [0.1, 0.15) is 11.3 Å². The van der Waals surface area contributed by atoms with Crippen LogP contribution >= 0.6 is 0 Å². The number of nitrogens with one attached hydrogen (secondary N) is 1. The van der Waals surface area contributed by atoms with Crippen molar-refractivity contribution in [3.63, 3.8) is 0 Å². The van der Waals surface area contributed by atoms with Gasteiger partial charge in [-0.3, -0.25) is 0 Å². The minimum Gasteiger partial charge on any atom is -0.494 e. The van der Waals surface area contributed by atoms with E-state index >= 15 is 0 Å². The highest BCUT2D eigenvalue weighted by molar-refractivity contribution is 5.83. The fraction of sp³-hybridized carbons (Fsp3) is 0.500. The predicted molar refractivity (Wildman–Crippen MR) is 124 cm³/mol. The minimum atomic E-state index is -1.00. The number of carboxylic acid groups (broad SMARTS) is 1. The summed E-state index contributed by atoms with van der Waals surface area (Å²) in [5, 5.41) is 13.2. The molecule has 0 amide bonds. The van der Waals surface area contributed by atoms with Crippen LogP contribution in [0.4, 0.5) is 5.69 Å². The van der Waals surface area contributed by atoms with Crippen LogP contribution in [0.2, 0.25) is 0 Å². The third-order valence-corrected chi connectivity index (χ3v) is 6.47. The zero-order chi connectivity index (χ0) is 22.7. The molecule has 2 aromatic carbocycles. The molecule has 0 unspecified atom stereocenters. The zero-order valence-electron chi connectivity index (χ0n) is 19.2. The molecule has 1 aliphatic carbocycles. The van der Waals surface area contributed by atoms with E-state index < -0.39 is 11.5 Å². The van der Waals surface area contributed by atoms with E-state index in [1.807, 2.05) is 19.1 Å². The van der Waals surface area contributed by atoms with Crippen molar-refractivity contribution in [2.75, 3.05) is 25.1 Å². The lowest BCUT2D eigenvalue weighted by atomic mass is 9.89. The van der Waals surface area contributed by atoms with E-state index in [1.54, 1.807) is 0 Å². The van der Waals surface area contributed by atoms with Gasteiger partial charge in [-0.2, -0.15) is 0 Å². The molecule has 2 aliphatic rings. The standard InChI is InChI=1S/C26H33NO5/c1-4-31-24-15-19(13-17(2)18(24)3)23-8-5-21(14-20(23)16-32-22-6-7-22)27-26(25(28)29)9-11-30-12-10-26/h5,8,13-15,22,27H,4,6-7,9-12,16H2,1-3H3,(H,28,29). The number of aryl methyl sites for hydroxylation is 1. The summed E-state index contributed by atoms with van der Waals surface area (Å²) >= 11 is 0.